The van der Waals surface area contributed by atoms with Crippen LogP contribution < -0.4 is 10.6 Å². The number of anilines is 2. The van der Waals surface area contributed by atoms with E-state index in [1.807, 2.05) is 55.4 Å². The molecule has 2 heterocycles. The Morgan fingerprint density at radius 3 is 2.34 bits per heavy atom. The molecule has 0 bridgehead atoms. The number of nitrogens with one attached hydrogen (secondary N) is 2. The molecule has 1 aliphatic rings. The Balaban J connectivity index is 1.53. The lowest BCUT2D eigenvalue weighted by atomic mass is 9.99. The minimum atomic E-state index is -0.238. The molecule has 0 saturated carbocycles. The Morgan fingerprint density at radius 1 is 0.895 bits per heavy atom. The second-order valence-electron chi connectivity index (χ2n) is 9.39. The highest BCUT2D eigenvalue weighted by Gasteiger charge is 2.29. The van der Waals surface area contributed by atoms with Crippen molar-refractivity contribution in [3.05, 3.63) is 94.8 Å². The standard InChI is InChI=1S/C29H27ClN6O2/c1-35(2)14-15-36(3)29(38)18-4-8-21(9-5-18)33-27(19-6-11-23-25(16-19)32-13-12-31-23)26-22-10-7-20(30)17-24(22)34-28(26)37/h4-13,16-17,33H,14-15H2,1-3H3,(H,34,37). The molecular weight excluding hydrogens is 500 g/mol. The number of hydrogen-bond acceptors (Lipinski definition) is 6. The maximum Gasteiger partial charge on any atom is 0.258 e. The van der Waals surface area contributed by atoms with Crippen molar-refractivity contribution in [2.75, 3.05) is 44.9 Å². The van der Waals surface area contributed by atoms with Crippen LogP contribution in [0.15, 0.2) is 73.1 Å². The largest absolute Gasteiger partial charge is 0.354 e. The molecule has 0 radical (unpaired) electrons. The lowest BCUT2D eigenvalue weighted by molar-refractivity contribution is -0.110. The summed E-state index contributed by atoms with van der Waals surface area (Å²) < 4.78 is 0. The van der Waals surface area contributed by atoms with Crippen LogP contribution in [0.5, 0.6) is 0 Å². The SMILES string of the molecule is CN(C)CCN(C)C(=O)c1ccc(NC(=C2C(=O)Nc3cc(Cl)ccc32)c2ccc3nccnc3c2)cc1. The van der Waals surface area contributed by atoms with Gasteiger partial charge in [0, 0.05) is 59.9 Å². The maximum atomic E-state index is 13.2. The van der Waals surface area contributed by atoms with Gasteiger partial charge in [-0.3, -0.25) is 19.6 Å². The third-order valence-electron chi connectivity index (χ3n) is 6.36. The highest BCUT2D eigenvalue weighted by Crippen LogP contribution is 2.39. The number of hydrogen-bond donors (Lipinski definition) is 2. The first-order chi connectivity index (χ1) is 18.3. The van der Waals surface area contributed by atoms with Gasteiger partial charge >= 0.3 is 0 Å². The summed E-state index contributed by atoms with van der Waals surface area (Å²) in [4.78, 5) is 38.6. The van der Waals surface area contributed by atoms with Crippen LogP contribution in [-0.4, -0.2) is 65.8 Å². The zero-order valence-corrected chi connectivity index (χ0v) is 22.1. The summed E-state index contributed by atoms with van der Waals surface area (Å²) in [7, 11) is 5.75. The lowest BCUT2D eigenvalue weighted by Crippen LogP contribution is -2.33. The summed E-state index contributed by atoms with van der Waals surface area (Å²) in [5, 5.41) is 6.88. The van der Waals surface area contributed by atoms with Gasteiger partial charge in [-0.25, -0.2) is 0 Å². The molecule has 192 valence electrons. The smallest absolute Gasteiger partial charge is 0.258 e. The number of benzene rings is 3. The fourth-order valence-corrected chi connectivity index (χ4v) is 4.48. The minimum absolute atomic E-state index is 0.0499. The number of carbonyl (C=O) groups is 2. The topological polar surface area (TPSA) is 90.5 Å². The average molecular weight is 527 g/mol. The molecule has 9 heteroatoms. The van der Waals surface area contributed by atoms with Crippen molar-refractivity contribution in [1.29, 1.82) is 0 Å². The van der Waals surface area contributed by atoms with E-state index < -0.39 is 0 Å². The van der Waals surface area contributed by atoms with Gasteiger partial charge in [0.05, 0.1) is 28.0 Å². The van der Waals surface area contributed by atoms with E-state index in [-0.39, 0.29) is 11.8 Å². The van der Waals surface area contributed by atoms with Gasteiger partial charge in [-0.1, -0.05) is 23.7 Å². The van der Waals surface area contributed by atoms with Crippen LogP contribution in [0.4, 0.5) is 11.4 Å². The summed E-state index contributed by atoms with van der Waals surface area (Å²) in [6.07, 6.45) is 3.28. The molecular formula is C29H27ClN6O2. The van der Waals surface area contributed by atoms with E-state index >= 15 is 0 Å². The third-order valence-corrected chi connectivity index (χ3v) is 6.60. The zero-order chi connectivity index (χ0) is 26.8. The van der Waals surface area contributed by atoms with E-state index in [2.05, 4.69) is 20.6 Å². The molecule has 8 nitrogen and oxygen atoms in total. The number of amides is 2. The first-order valence-electron chi connectivity index (χ1n) is 12.1. The van der Waals surface area contributed by atoms with Crippen molar-refractivity contribution in [2.45, 2.75) is 0 Å². The summed E-state index contributed by atoms with van der Waals surface area (Å²) in [6, 6.07) is 18.3. The lowest BCUT2D eigenvalue weighted by Gasteiger charge is -2.20. The van der Waals surface area contributed by atoms with Gasteiger partial charge in [0.15, 0.2) is 0 Å². The number of likely N-dealkylation sites (N-methyl/N-ethyl adjacent to an activating group) is 2. The predicted molar refractivity (Wildman–Crippen MR) is 152 cm³/mol. The average Bonchev–Trinajstić information content (AvgIpc) is 3.24. The summed E-state index contributed by atoms with van der Waals surface area (Å²) >= 11 is 6.18. The molecule has 0 spiro atoms. The molecule has 0 aliphatic carbocycles. The number of carbonyl (C=O) groups excluding carboxylic acids is 2. The van der Waals surface area contributed by atoms with Gasteiger partial charge in [0.1, 0.15) is 0 Å². The number of fused-ring (bicyclic) bond motifs is 2. The Kier molecular flexibility index (Phi) is 7.09. The highest BCUT2D eigenvalue weighted by atomic mass is 35.5. The third kappa shape index (κ3) is 5.22. The molecule has 1 aliphatic heterocycles. The van der Waals surface area contributed by atoms with E-state index in [4.69, 9.17) is 11.6 Å². The van der Waals surface area contributed by atoms with E-state index in [0.717, 1.165) is 28.9 Å². The molecule has 0 unspecified atom stereocenters. The number of rotatable bonds is 7. The zero-order valence-electron chi connectivity index (χ0n) is 21.3. The van der Waals surface area contributed by atoms with Crippen molar-refractivity contribution >= 4 is 57.1 Å². The Morgan fingerprint density at radius 2 is 1.61 bits per heavy atom. The van der Waals surface area contributed by atoms with Crippen LogP contribution in [0.1, 0.15) is 21.5 Å². The van der Waals surface area contributed by atoms with Gasteiger partial charge in [-0.2, -0.15) is 0 Å². The van der Waals surface area contributed by atoms with Crippen molar-refractivity contribution in [3.8, 4) is 0 Å². The molecule has 38 heavy (non-hydrogen) atoms. The molecule has 5 rings (SSSR count). The first kappa shape index (κ1) is 25.4. The van der Waals surface area contributed by atoms with Gasteiger partial charge in [-0.15, -0.1) is 0 Å². The van der Waals surface area contributed by atoms with Crippen LogP contribution in [0.25, 0.3) is 22.3 Å². The monoisotopic (exact) mass is 526 g/mol. The van der Waals surface area contributed by atoms with Crippen LogP contribution >= 0.6 is 11.6 Å². The van der Waals surface area contributed by atoms with E-state index in [1.54, 1.807) is 48.6 Å². The Hall–Kier alpha value is -4.27. The Bertz CT molecular complexity index is 1570. The fourth-order valence-electron chi connectivity index (χ4n) is 4.30. The van der Waals surface area contributed by atoms with Crippen LogP contribution in [0, 0.1) is 0 Å². The van der Waals surface area contributed by atoms with E-state index in [9.17, 15) is 9.59 Å². The van der Waals surface area contributed by atoms with Crippen LogP contribution in [0.3, 0.4) is 0 Å². The molecule has 3 aromatic carbocycles. The van der Waals surface area contributed by atoms with E-state index in [0.29, 0.717) is 39.6 Å². The summed E-state index contributed by atoms with van der Waals surface area (Å²) in [5.41, 5.74) is 6.05. The minimum Gasteiger partial charge on any atom is -0.354 e. The van der Waals surface area contributed by atoms with Crippen LogP contribution in [0.2, 0.25) is 5.02 Å². The fraction of sp³-hybridized carbons (Fsp3) is 0.172. The van der Waals surface area contributed by atoms with Crippen molar-refractivity contribution < 1.29 is 9.59 Å². The second-order valence-corrected chi connectivity index (χ2v) is 9.82. The first-order valence-corrected chi connectivity index (χ1v) is 12.5. The summed E-state index contributed by atoms with van der Waals surface area (Å²) in [5.74, 6) is -0.288. The van der Waals surface area contributed by atoms with Crippen molar-refractivity contribution in [2.24, 2.45) is 0 Å². The molecule has 0 fully saturated rings. The van der Waals surface area contributed by atoms with Crippen molar-refractivity contribution in [3.63, 3.8) is 0 Å². The van der Waals surface area contributed by atoms with Crippen LogP contribution in [-0.2, 0) is 4.79 Å². The molecule has 0 saturated heterocycles. The maximum absolute atomic E-state index is 13.2. The van der Waals surface area contributed by atoms with Gasteiger partial charge < -0.3 is 20.4 Å². The van der Waals surface area contributed by atoms with E-state index in [1.165, 1.54) is 0 Å². The Labute approximate surface area is 226 Å². The molecule has 1 aromatic heterocycles. The molecule has 4 aromatic rings. The molecule has 2 amide bonds. The quantitative estimate of drug-likeness (QED) is 0.335. The second kappa shape index (κ2) is 10.6. The number of aromatic nitrogens is 2. The highest BCUT2D eigenvalue weighted by molar-refractivity contribution is 6.38. The summed E-state index contributed by atoms with van der Waals surface area (Å²) in [6.45, 7) is 1.41. The van der Waals surface area contributed by atoms with Crippen molar-refractivity contribution in [1.82, 2.24) is 19.8 Å². The van der Waals surface area contributed by atoms with Gasteiger partial charge in [0.2, 0.25) is 0 Å². The normalized spacial score (nSPS) is 13.9. The van der Waals surface area contributed by atoms with Gasteiger partial charge in [0.25, 0.3) is 11.8 Å². The molecule has 2 N–H and O–H groups in total. The van der Waals surface area contributed by atoms with Gasteiger partial charge in [-0.05, 0) is 62.6 Å². The molecule has 0 atom stereocenters. The number of nitrogens with zero attached hydrogens (tertiary/aromatic N) is 4. The predicted octanol–water partition coefficient (Wildman–Crippen LogP) is 4.85. The number of halogens is 1.